The molecule has 3 atom stereocenters. The number of nitrogens with zero attached hydrogens (tertiary/aromatic N) is 3. The van der Waals surface area contributed by atoms with Crippen LogP contribution < -0.4 is 21.7 Å². The molecule has 5 N–H and O–H groups in total. The minimum atomic E-state index is 0.454. The van der Waals surface area contributed by atoms with Crippen molar-refractivity contribution in [3.63, 3.8) is 0 Å². The van der Waals surface area contributed by atoms with Crippen molar-refractivity contribution in [1.82, 2.24) is 15.0 Å². The van der Waals surface area contributed by atoms with Crippen molar-refractivity contribution in [2.75, 3.05) is 55.5 Å². The standard InChI is InChI=1S/C22H33N7O2/c23-8-10-30-12-13-31-11-9-24-20-27-21(25-18-4-2-1-3-5-18)29-22(28-20)26-19-15-16-6-7-17(19)14-16/h1-5,16-17,19H,6-15,23H2,(H3,24,25,26,27,28,29). The second-order valence-electron chi connectivity index (χ2n) is 8.16. The molecule has 2 aliphatic carbocycles. The maximum Gasteiger partial charge on any atom is 0.233 e. The molecule has 9 heteroatoms. The summed E-state index contributed by atoms with van der Waals surface area (Å²) in [6, 6.07) is 10.4. The van der Waals surface area contributed by atoms with E-state index in [4.69, 9.17) is 15.2 Å². The highest BCUT2D eigenvalue weighted by atomic mass is 16.5. The van der Waals surface area contributed by atoms with Crippen molar-refractivity contribution in [2.45, 2.75) is 31.7 Å². The molecule has 0 amide bonds. The van der Waals surface area contributed by atoms with Crippen LogP contribution in [0.5, 0.6) is 0 Å². The second-order valence-corrected chi connectivity index (χ2v) is 8.16. The smallest absolute Gasteiger partial charge is 0.233 e. The Morgan fingerprint density at radius 1 is 0.871 bits per heavy atom. The lowest BCUT2D eigenvalue weighted by Gasteiger charge is -2.23. The lowest BCUT2D eigenvalue weighted by molar-refractivity contribution is 0.0547. The Morgan fingerprint density at radius 2 is 1.65 bits per heavy atom. The van der Waals surface area contributed by atoms with Crippen LogP contribution in [0.4, 0.5) is 23.5 Å². The molecular weight excluding hydrogens is 394 g/mol. The van der Waals surface area contributed by atoms with Gasteiger partial charge in [-0.05, 0) is 43.2 Å². The van der Waals surface area contributed by atoms with E-state index in [1.54, 1.807) is 0 Å². The molecule has 2 bridgehead atoms. The topological polar surface area (TPSA) is 119 Å². The SMILES string of the molecule is NCCOCCOCCNc1nc(Nc2ccccc2)nc(NC2CC3CCC2C3)n1. The molecule has 9 nitrogen and oxygen atoms in total. The van der Waals surface area contributed by atoms with Gasteiger partial charge >= 0.3 is 0 Å². The van der Waals surface area contributed by atoms with Gasteiger partial charge < -0.3 is 31.2 Å². The first-order valence-corrected chi connectivity index (χ1v) is 11.2. The van der Waals surface area contributed by atoms with Crippen LogP contribution in [0.25, 0.3) is 0 Å². The Kier molecular flexibility index (Phi) is 7.87. The largest absolute Gasteiger partial charge is 0.378 e. The van der Waals surface area contributed by atoms with Gasteiger partial charge in [0.1, 0.15) is 0 Å². The molecule has 1 heterocycles. The van der Waals surface area contributed by atoms with Gasteiger partial charge in [0, 0.05) is 24.8 Å². The summed E-state index contributed by atoms with van der Waals surface area (Å²) in [7, 11) is 0. The number of rotatable bonds is 13. The van der Waals surface area contributed by atoms with Crippen LogP contribution >= 0.6 is 0 Å². The van der Waals surface area contributed by atoms with E-state index < -0.39 is 0 Å². The number of aromatic nitrogens is 3. The van der Waals surface area contributed by atoms with Gasteiger partial charge in [-0.2, -0.15) is 15.0 Å². The van der Waals surface area contributed by atoms with Crippen LogP contribution in [-0.2, 0) is 9.47 Å². The van der Waals surface area contributed by atoms with Gasteiger partial charge in [-0.1, -0.05) is 24.6 Å². The van der Waals surface area contributed by atoms with Crippen LogP contribution in [-0.4, -0.2) is 60.5 Å². The first-order chi connectivity index (χ1) is 15.3. The number of benzene rings is 1. The van der Waals surface area contributed by atoms with Gasteiger partial charge in [-0.25, -0.2) is 0 Å². The zero-order valence-electron chi connectivity index (χ0n) is 17.9. The number of nitrogens with one attached hydrogen (secondary N) is 3. The predicted octanol–water partition coefficient (Wildman–Crippen LogP) is 2.62. The Balaban J connectivity index is 1.34. The number of nitrogens with two attached hydrogens (primary N) is 1. The number of anilines is 4. The summed E-state index contributed by atoms with van der Waals surface area (Å²) in [5.74, 6) is 3.26. The molecule has 2 fully saturated rings. The van der Waals surface area contributed by atoms with E-state index in [2.05, 4.69) is 30.9 Å². The average Bonchev–Trinajstić information content (AvgIpc) is 3.39. The summed E-state index contributed by atoms with van der Waals surface area (Å²) in [5.41, 5.74) is 6.33. The second kappa shape index (κ2) is 11.2. The fourth-order valence-corrected chi connectivity index (χ4v) is 4.45. The molecular formula is C22H33N7O2. The summed E-state index contributed by atoms with van der Waals surface area (Å²) >= 11 is 0. The van der Waals surface area contributed by atoms with Crippen molar-refractivity contribution < 1.29 is 9.47 Å². The third-order valence-corrected chi connectivity index (χ3v) is 5.88. The lowest BCUT2D eigenvalue weighted by atomic mass is 9.95. The van der Waals surface area contributed by atoms with Crippen LogP contribution in [0.3, 0.4) is 0 Å². The van der Waals surface area contributed by atoms with Gasteiger partial charge in [-0.3, -0.25) is 0 Å². The molecule has 1 aromatic heterocycles. The maximum absolute atomic E-state index is 5.57. The molecule has 0 spiro atoms. The third kappa shape index (κ3) is 6.49. The highest BCUT2D eigenvalue weighted by molar-refractivity contribution is 5.55. The molecule has 4 rings (SSSR count). The Labute approximate surface area is 183 Å². The molecule has 0 radical (unpaired) electrons. The van der Waals surface area contributed by atoms with Gasteiger partial charge in [0.05, 0.1) is 26.4 Å². The van der Waals surface area contributed by atoms with Crippen LogP contribution in [0, 0.1) is 11.8 Å². The molecule has 2 aliphatic rings. The quantitative estimate of drug-likeness (QED) is 0.358. The molecule has 168 valence electrons. The normalized spacial score (nSPS) is 21.9. The van der Waals surface area contributed by atoms with Crippen molar-refractivity contribution in [2.24, 2.45) is 17.6 Å². The lowest BCUT2D eigenvalue weighted by Crippen LogP contribution is -2.27. The Bertz CT molecular complexity index is 808. The van der Waals surface area contributed by atoms with Gasteiger partial charge in [0.15, 0.2) is 0 Å². The molecule has 1 aromatic carbocycles. The minimum Gasteiger partial charge on any atom is -0.378 e. The van der Waals surface area contributed by atoms with E-state index >= 15 is 0 Å². The summed E-state index contributed by atoms with van der Waals surface area (Å²) in [6.45, 7) is 3.30. The van der Waals surface area contributed by atoms with E-state index in [-0.39, 0.29) is 0 Å². The first-order valence-electron chi connectivity index (χ1n) is 11.2. The molecule has 0 saturated heterocycles. The zero-order chi connectivity index (χ0) is 21.3. The fourth-order valence-electron chi connectivity index (χ4n) is 4.45. The number of para-hydroxylation sites is 1. The number of hydrogen-bond acceptors (Lipinski definition) is 9. The van der Waals surface area contributed by atoms with Crippen molar-refractivity contribution in [3.8, 4) is 0 Å². The number of fused-ring (bicyclic) bond motifs is 2. The summed E-state index contributed by atoms with van der Waals surface area (Å²) in [6.07, 6.45) is 5.21. The first kappa shape index (κ1) is 21.7. The maximum atomic E-state index is 5.57. The molecule has 2 aromatic rings. The van der Waals surface area contributed by atoms with Crippen molar-refractivity contribution in [1.29, 1.82) is 0 Å². The van der Waals surface area contributed by atoms with E-state index in [0.717, 1.165) is 17.5 Å². The number of hydrogen-bond donors (Lipinski definition) is 4. The summed E-state index contributed by atoms with van der Waals surface area (Å²) in [4.78, 5) is 13.8. The monoisotopic (exact) mass is 427 g/mol. The highest BCUT2D eigenvalue weighted by Gasteiger charge is 2.39. The van der Waals surface area contributed by atoms with Crippen LogP contribution in [0.1, 0.15) is 25.7 Å². The zero-order valence-corrected chi connectivity index (χ0v) is 17.9. The average molecular weight is 428 g/mol. The third-order valence-electron chi connectivity index (χ3n) is 5.88. The van der Waals surface area contributed by atoms with Crippen LogP contribution in [0.15, 0.2) is 30.3 Å². The molecule has 0 aliphatic heterocycles. The summed E-state index contributed by atoms with van der Waals surface area (Å²) < 4.78 is 10.9. The van der Waals surface area contributed by atoms with E-state index in [1.807, 2.05) is 30.3 Å². The van der Waals surface area contributed by atoms with Crippen LogP contribution in [0.2, 0.25) is 0 Å². The Morgan fingerprint density at radius 3 is 2.39 bits per heavy atom. The predicted molar refractivity (Wildman–Crippen MR) is 122 cm³/mol. The number of ether oxygens (including phenoxy) is 2. The fraction of sp³-hybridized carbons (Fsp3) is 0.591. The van der Waals surface area contributed by atoms with Gasteiger partial charge in [0.25, 0.3) is 0 Å². The summed E-state index contributed by atoms with van der Waals surface area (Å²) in [5, 5.41) is 10.1. The van der Waals surface area contributed by atoms with Gasteiger partial charge in [-0.15, -0.1) is 0 Å². The molecule has 2 saturated carbocycles. The highest BCUT2D eigenvalue weighted by Crippen LogP contribution is 2.45. The minimum absolute atomic E-state index is 0.454. The molecule has 31 heavy (non-hydrogen) atoms. The van der Waals surface area contributed by atoms with Crippen molar-refractivity contribution >= 4 is 23.5 Å². The van der Waals surface area contributed by atoms with Gasteiger partial charge in [0.2, 0.25) is 17.8 Å². The molecule has 3 unspecified atom stereocenters. The van der Waals surface area contributed by atoms with E-state index in [9.17, 15) is 0 Å². The Hall–Kier alpha value is -2.49. The van der Waals surface area contributed by atoms with E-state index in [0.29, 0.717) is 63.4 Å². The van der Waals surface area contributed by atoms with E-state index in [1.165, 1.54) is 25.7 Å². The van der Waals surface area contributed by atoms with Crippen molar-refractivity contribution in [3.05, 3.63) is 30.3 Å².